The van der Waals surface area contributed by atoms with Gasteiger partial charge in [0.05, 0.1) is 19.0 Å². The molecule has 2 heterocycles. The molecule has 1 aromatic rings. The molecule has 0 spiro atoms. The number of carbonyl (C=O) groups excluding carboxylic acids is 1. The first kappa shape index (κ1) is 9.96. The van der Waals surface area contributed by atoms with E-state index in [1.54, 1.807) is 12.4 Å². The third-order valence-electron chi connectivity index (χ3n) is 2.70. The molecule has 2 rings (SSSR count). The van der Waals surface area contributed by atoms with Crippen LogP contribution in [0.1, 0.15) is 12.8 Å². The molecule has 1 saturated heterocycles. The molecule has 1 aromatic heterocycles. The predicted octanol–water partition coefficient (Wildman–Crippen LogP) is 1.22. The van der Waals surface area contributed by atoms with E-state index in [9.17, 15) is 4.79 Å². The number of esters is 1. The molecule has 1 atom stereocenters. The lowest BCUT2D eigenvalue weighted by atomic mass is 10.2. The molecule has 0 amide bonds. The van der Waals surface area contributed by atoms with E-state index in [-0.39, 0.29) is 12.0 Å². The summed E-state index contributed by atoms with van der Waals surface area (Å²) in [6.07, 6.45) is 5.39. The van der Waals surface area contributed by atoms with Gasteiger partial charge in [-0.2, -0.15) is 0 Å². The molecule has 0 aliphatic carbocycles. The Bertz CT molecular complexity index is 340. The smallest absolute Gasteiger partial charge is 0.328 e. The zero-order chi connectivity index (χ0) is 10.7. The standard InChI is InChI=1S/C11H14N2O2/c1-15-11(14)10-5-3-7-13(10)9-4-2-6-12-8-9/h2,4,6,8,10H,3,5,7H2,1H3. The predicted molar refractivity (Wildman–Crippen MR) is 56.6 cm³/mol. The molecule has 0 aromatic carbocycles. The number of hydrogen-bond donors (Lipinski definition) is 0. The van der Waals surface area contributed by atoms with Crippen LogP contribution >= 0.6 is 0 Å². The summed E-state index contributed by atoms with van der Waals surface area (Å²) in [5.41, 5.74) is 0.991. The van der Waals surface area contributed by atoms with E-state index in [1.807, 2.05) is 12.1 Å². The van der Waals surface area contributed by atoms with Gasteiger partial charge in [-0.15, -0.1) is 0 Å². The molecule has 80 valence electrons. The van der Waals surface area contributed by atoms with E-state index < -0.39 is 0 Å². The van der Waals surface area contributed by atoms with Crippen molar-refractivity contribution in [1.29, 1.82) is 0 Å². The third-order valence-corrected chi connectivity index (χ3v) is 2.70. The number of anilines is 1. The van der Waals surface area contributed by atoms with Crippen LogP contribution in [0.2, 0.25) is 0 Å². The van der Waals surface area contributed by atoms with Gasteiger partial charge in [0.2, 0.25) is 0 Å². The van der Waals surface area contributed by atoms with Crippen molar-refractivity contribution in [1.82, 2.24) is 4.98 Å². The first-order valence-corrected chi connectivity index (χ1v) is 5.07. The topological polar surface area (TPSA) is 42.4 Å². The van der Waals surface area contributed by atoms with Gasteiger partial charge in [-0.05, 0) is 25.0 Å². The number of aromatic nitrogens is 1. The Morgan fingerprint density at radius 1 is 1.67 bits per heavy atom. The highest BCUT2D eigenvalue weighted by Gasteiger charge is 2.31. The van der Waals surface area contributed by atoms with Crippen LogP contribution < -0.4 is 4.90 Å². The lowest BCUT2D eigenvalue weighted by Gasteiger charge is -2.24. The van der Waals surface area contributed by atoms with Crippen molar-refractivity contribution in [3.8, 4) is 0 Å². The number of nitrogens with zero attached hydrogens (tertiary/aromatic N) is 2. The first-order valence-electron chi connectivity index (χ1n) is 5.07. The van der Waals surface area contributed by atoms with E-state index in [0.717, 1.165) is 25.1 Å². The van der Waals surface area contributed by atoms with Crippen LogP contribution in [0.4, 0.5) is 5.69 Å². The largest absolute Gasteiger partial charge is 0.467 e. The average molecular weight is 206 g/mol. The molecule has 1 aliphatic rings. The molecule has 4 heteroatoms. The number of methoxy groups -OCH3 is 1. The molecule has 0 radical (unpaired) electrons. The summed E-state index contributed by atoms with van der Waals surface area (Å²) >= 11 is 0. The van der Waals surface area contributed by atoms with E-state index >= 15 is 0 Å². The molecule has 1 fully saturated rings. The second kappa shape index (κ2) is 4.29. The molecule has 0 bridgehead atoms. The quantitative estimate of drug-likeness (QED) is 0.682. The fourth-order valence-electron chi connectivity index (χ4n) is 1.98. The lowest BCUT2D eigenvalue weighted by Crippen LogP contribution is -2.36. The Labute approximate surface area is 88.9 Å². The summed E-state index contributed by atoms with van der Waals surface area (Å²) in [5, 5.41) is 0. The number of rotatable bonds is 2. The molecule has 0 saturated carbocycles. The van der Waals surface area contributed by atoms with Gasteiger partial charge in [0, 0.05) is 12.7 Å². The summed E-state index contributed by atoms with van der Waals surface area (Å²) in [4.78, 5) is 17.6. The van der Waals surface area contributed by atoms with Crippen LogP contribution in [0.5, 0.6) is 0 Å². The van der Waals surface area contributed by atoms with Crippen molar-refractivity contribution in [3.05, 3.63) is 24.5 Å². The summed E-state index contributed by atoms with van der Waals surface area (Å²) in [7, 11) is 1.43. The third kappa shape index (κ3) is 1.93. The van der Waals surface area contributed by atoms with Crippen LogP contribution in [0.25, 0.3) is 0 Å². The molecule has 4 nitrogen and oxygen atoms in total. The van der Waals surface area contributed by atoms with Gasteiger partial charge < -0.3 is 9.64 Å². The first-order chi connectivity index (χ1) is 7.33. The van der Waals surface area contributed by atoms with E-state index in [1.165, 1.54) is 7.11 Å². The van der Waals surface area contributed by atoms with Gasteiger partial charge in [0.1, 0.15) is 6.04 Å². The average Bonchev–Trinajstić information content (AvgIpc) is 2.78. The monoisotopic (exact) mass is 206 g/mol. The van der Waals surface area contributed by atoms with E-state index in [0.29, 0.717) is 0 Å². The highest BCUT2D eigenvalue weighted by atomic mass is 16.5. The molecular weight excluding hydrogens is 192 g/mol. The highest BCUT2D eigenvalue weighted by molar-refractivity contribution is 5.80. The molecule has 1 unspecified atom stereocenters. The number of ether oxygens (including phenoxy) is 1. The maximum atomic E-state index is 11.5. The van der Waals surface area contributed by atoms with Gasteiger partial charge in [-0.25, -0.2) is 4.79 Å². The second-order valence-electron chi connectivity index (χ2n) is 3.59. The van der Waals surface area contributed by atoms with Crippen molar-refractivity contribution in [2.24, 2.45) is 0 Å². The van der Waals surface area contributed by atoms with Crippen molar-refractivity contribution in [3.63, 3.8) is 0 Å². The Morgan fingerprint density at radius 2 is 2.53 bits per heavy atom. The van der Waals surface area contributed by atoms with Crippen LogP contribution in [-0.4, -0.2) is 30.6 Å². The zero-order valence-corrected chi connectivity index (χ0v) is 8.72. The summed E-state index contributed by atoms with van der Waals surface area (Å²) in [5.74, 6) is -0.156. The van der Waals surface area contributed by atoms with Gasteiger partial charge in [0.25, 0.3) is 0 Å². The maximum absolute atomic E-state index is 11.5. The highest BCUT2D eigenvalue weighted by Crippen LogP contribution is 2.25. The molecular formula is C11H14N2O2. The zero-order valence-electron chi connectivity index (χ0n) is 8.72. The van der Waals surface area contributed by atoms with Crippen molar-refractivity contribution < 1.29 is 9.53 Å². The summed E-state index contributed by atoms with van der Waals surface area (Å²) < 4.78 is 4.78. The minimum absolute atomic E-state index is 0.140. The normalized spacial score (nSPS) is 20.3. The number of hydrogen-bond acceptors (Lipinski definition) is 4. The van der Waals surface area contributed by atoms with Crippen LogP contribution in [0, 0.1) is 0 Å². The molecule has 0 N–H and O–H groups in total. The molecule has 15 heavy (non-hydrogen) atoms. The molecule has 1 aliphatic heterocycles. The van der Waals surface area contributed by atoms with Crippen LogP contribution in [0.15, 0.2) is 24.5 Å². The van der Waals surface area contributed by atoms with Crippen LogP contribution in [0.3, 0.4) is 0 Å². The minimum Gasteiger partial charge on any atom is -0.467 e. The lowest BCUT2D eigenvalue weighted by molar-refractivity contribution is -0.141. The second-order valence-corrected chi connectivity index (χ2v) is 3.59. The Kier molecular flexibility index (Phi) is 2.85. The summed E-state index contributed by atoms with van der Waals surface area (Å²) in [6.45, 7) is 0.894. The number of pyridine rings is 1. The van der Waals surface area contributed by atoms with Gasteiger partial charge in [0.15, 0.2) is 0 Å². The van der Waals surface area contributed by atoms with E-state index in [4.69, 9.17) is 4.74 Å². The van der Waals surface area contributed by atoms with Gasteiger partial charge >= 0.3 is 5.97 Å². The Balaban J connectivity index is 2.18. The fourth-order valence-corrected chi connectivity index (χ4v) is 1.98. The van der Waals surface area contributed by atoms with Crippen molar-refractivity contribution >= 4 is 11.7 Å². The van der Waals surface area contributed by atoms with Gasteiger partial charge in [-0.3, -0.25) is 4.98 Å². The Morgan fingerprint density at radius 3 is 3.20 bits per heavy atom. The maximum Gasteiger partial charge on any atom is 0.328 e. The minimum atomic E-state index is -0.156. The fraction of sp³-hybridized carbons (Fsp3) is 0.455. The number of carbonyl (C=O) groups is 1. The van der Waals surface area contributed by atoms with Gasteiger partial charge in [-0.1, -0.05) is 0 Å². The van der Waals surface area contributed by atoms with Crippen molar-refractivity contribution in [2.45, 2.75) is 18.9 Å². The van der Waals surface area contributed by atoms with E-state index in [2.05, 4.69) is 9.88 Å². The van der Waals surface area contributed by atoms with Crippen molar-refractivity contribution in [2.75, 3.05) is 18.6 Å². The SMILES string of the molecule is COC(=O)C1CCCN1c1cccnc1. The summed E-state index contributed by atoms with van der Waals surface area (Å²) in [6, 6.07) is 3.70. The van der Waals surface area contributed by atoms with Crippen LogP contribution in [-0.2, 0) is 9.53 Å². The Hall–Kier alpha value is -1.58.